The quantitative estimate of drug-likeness (QED) is 0.788. The highest BCUT2D eigenvalue weighted by molar-refractivity contribution is 5.85. The summed E-state index contributed by atoms with van der Waals surface area (Å²) in [6.07, 6.45) is 8.45. The Hall–Kier alpha value is -1.10. The molecule has 5 nitrogen and oxygen atoms in total. The molecule has 2 amide bonds. The Balaban J connectivity index is 2.09. The van der Waals surface area contributed by atoms with Crippen LogP contribution in [0.5, 0.6) is 0 Å². The molecule has 0 aromatic carbocycles. The summed E-state index contributed by atoms with van der Waals surface area (Å²) >= 11 is 0. The number of rotatable bonds is 5. The van der Waals surface area contributed by atoms with Crippen LogP contribution in [-0.2, 0) is 9.59 Å². The van der Waals surface area contributed by atoms with Crippen molar-refractivity contribution in [3.8, 4) is 0 Å². The standard InChI is InChI=1S/C15H27N3O2/c16-9-11-5-1-4-8-13(11)15(20)18(10-14(17)19)12-6-2-3-7-12/h11-13H,1-10,16H2,(H2,17,19). The maximum atomic E-state index is 12.9. The predicted octanol–water partition coefficient (Wildman–Crippen LogP) is 1.01. The number of hydrogen-bond acceptors (Lipinski definition) is 3. The van der Waals surface area contributed by atoms with E-state index in [0.717, 1.165) is 51.4 Å². The molecule has 2 atom stereocenters. The Morgan fingerprint density at radius 1 is 1.00 bits per heavy atom. The van der Waals surface area contributed by atoms with Gasteiger partial charge in [-0.3, -0.25) is 9.59 Å². The van der Waals surface area contributed by atoms with Gasteiger partial charge in [0.25, 0.3) is 0 Å². The Bertz CT molecular complexity index is 353. The Morgan fingerprint density at radius 3 is 2.20 bits per heavy atom. The monoisotopic (exact) mass is 281 g/mol. The summed E-state index contributed by atoms with van der Waals surface area (Å²) in [5.74, 6) is -0.0297. The van der Waals surface area contributed by atoms with E-state index in [2.05, 4.69) is 0 Å². The fourth-order valence-corrected chi connectivity index (χ4v) is 3.80. The molecule has 114 valence electrons. The van der Waals surface area contributed by atoms with Crippen LogP contribution in [0.25, 0.3) is 0 Å². The van der Waals surface area contributed by atoms with Crippen molar-refractivity contribution in [3.05, 3.63) is 0 Å². The summed E-state index contributed by atoms with van der Waals surface area (Å²) < 4.78 is 0. The lowest BCUT2D eigenvalue weighted by molar-refractivity contribution is -0.143. The number of hydrogen-bond donors (Lipinski definition) is 2. The first-order chi connectivity index (χ1) is 9.63. The minimum atomic E-state index is -0.412. The zero-order valence-electron chi connectivity index (χ0n) is 12.2. The van der Waals surface area contributed by atoms with Crippen LogP contribution >= 0.6 is 0 Å². The molecule has 0 radical (unpaired) electrons. The Kier molecular flexibility index (Phi) is 5.40. The second-order valence-corrected chi connectivity index (χ2v) is 6.26. The zero-order valence-corrected chi connectivity index (χ0v) is 12.2. The van der Waals surface area contributed by atoms with Gasteiger partial charge in [0.05, 0.1) is 6.54 Å². The molecule has 2 rings (SSSR count). The number of amides is 2. The molecule has 2 aliphatic carbocycles. The summed E-state index contributed by atoms with van der Waals surface area (Å²) in [5.41, 5.74) is 11.2. The average Bonchev–Trinajstić information content (AvgIpc) is 2.97. The molecule has 0 spiro atoms. The fraction of sp³-hybridized carbons (Fsp3) is 0.867. The van der Waals surface area contributed by atoms with E-state index < -0.39 is 5.91 Å². The maximum Gasteiger partial charge on any atom is 0.237 e. The zero-order chi connectivity index (χ0) is 14.5. The van der Waals surface area contributed by atoms with Crippen molar-refractivity contribution >= 4 is 11.8 Å². The number of carbonyl (C=O) groups excluding carboxylic acids is 2. The number of nitrogens with two attached hydrogens (primary N) is 2. The van der Waals surface area contributed by atoms with Crippen molar-refractivity contribution in [3.63, 3.8) is 0 Å². The Morgan fingerprint density at radius 2 is 1.60 bits per heavy atom. The third kappa shape index (κ3) is 3.51. The molecule has 4 N–H and O–H groups in total. The molecular formula is C15H27N3O2. The van der Waals surface area contributed by atoms with Gasteiger partial charge in [0.1, 0.15) is 0 Å². The van der Waals surface area contributed by atoms with Gasteiger partial charge in [-0.15, -0.1) is 0 Å². The molecular weight excluding hydrogens is 254 g/mol. The maximum absolute atomic E-state index is 12.9. The lowest BCUT2D eigenvalue weighted by Gasteiger charge is -2.36. The van der Waals surface area contributed by atoms with E-state index >= 15 is 0 Å². The third-order valence-electron chi connectivity index (χ3n) is 4.90. The largest absolute Gasteiger partial charge is 0.368 e. The first kappa shape index (κ1) is 15.3. The van der Waals surface area contributed by atoms with Gasteiger partial charge >= 0.3 is 0 Å². The minimum Gasteiger partial charge on any atom is -0.368 e. The lowest BCUT2D eigenvalue weighted by Crippen LogP contribution is -2.49. The normalized spacial score (nSPS) is 27.4. The predicted molar refractivity (Wildman–Crippen MR) is 77.7 cm³/mol. The van der Waals surface area contributed by atoms with Crippen molar-refractivity contribution in [2.75, 3.05) is 13.1 Å². The van der Waals surface area contributed by atoms with Gasteiger partial charge in [-0.2, -0.15) is 0 Å². The van der Waals surface area contributed by atoms with E-state index in [0.29, 0.717) is 6.54 Å². The van der Waals surface area contributed by atoms with Gasteiger partial charge in [0, 0.05) is 12.0 Å². The molecule has 0 aromatic heterocycles. The van der Waals surface area contributed by atoms with Gasteiger partial charge in [-0.1, -0.05) is 25.7 Å². The molecule has 2 aliphatic rings. The highest BCUT2D eigenvalue weighted by atomic mass is 16.2. The number of carbonyl (C=O) groups is 2. The average molecular weight is 281 g/mol. The van der Waals surface area contributed by atoms with E-state index in [9.17, 15) is 9.59 Å². The van der Waals surface area contributed by atoms with E-state index in [1.807, 2.05) is 0 Å². The fourth-order valence-electron chi connectivity index (χ4n) is 3.80. The Labute approximate surface area is 121 Å². The summed E-state index contributed by atoms with van der Waals surface area (Å²) in [5, 5.41) is 0. The van der Waals surface area contributed by atoms with Crippen LogP contribution in [0.2, 0.25) is 0 Å². The second-order valence-electron chi connectivity index (χ2n) is 6.26. The van der Waals surface area contributed by atoms with Crippen molar-refractivity contribution in [2.45, 2.75) is 57.4 Å². The molecule has 2 fully saturated rings. The first-order valence-electron chi connectivity index (χ1n) is 7.92. The molecule has 2 saturated carbocycles. The molecule has 5 heteroatoms. The molecule has 0 aliphatic heterocycles. The summed E-state index contributed by atoms with van der Waals surface area (Å²) in [4.78, 5) is 25.9. The summed E-state index contributed by atoms with van der Waals surface area (Å²) in [6.45, 7) is 0.628. The van der Waals surface area contributed by atoms with E-state index in [4.69, 9.17) is 11.5 Å². The van der Waals surface area contributed by atoms with Gasteiger partial charge in [-0.05, 0) is 38.1 Å². The molecule has 0 bridgehead atoms. The SMILES string of the molecule is NCC1CCCCC1C(=O)N(CC(N)=O)C1CCCC1. The first-order valence-corrected chi connectivity index (χ1v) is 7.92. The summed E-state index contributed by atoms with van der Waals surface area (Å²) in [6, 6.07) is 0.204. The molecule has 20 heavy (non-hydrogen) atoms. The molecule has 2 unspecified atom stereocenters. The van der Waals surface area contributed by atoms with Crippen molar-refractivity contribution in [1.82, 2.24) is 4.90 Å². The smallest absolute Gasteiger partial charge is 0.237 e. The van der Waals surface area contributed by atoms with Gasteiger partial charge < -0.3 is 16.4 Å². The van der Waals surface area contributed by atoms with Crippen LogP contribution in [0.4, 0.5) is 0 Å². The highest BCUT2D eigenvalue weighted by Gasteiger charge is 2.36. The van der Waals surface area contributed by atoms with Crippen molar-refractivity contribution in [1.29, 1.82) is 0 Å². The molecule has 0 saturated heterocycles. The lowest BCUT2D eigenvalue weighted by atomic mass is 9.78. The van der Waals surface area contributed by atoms with Gasteiger partial charge in [0.15, 0.2) is 0 Å². The van der Waals surface area contributed by atoms with Gasteiger partial charge in [-0.25, -0.2) is 0 Å². The number of nitrogens with zero attached hydrogens (tertiary/aromatic N) is 1. The van der Waals surface area contributed by atoms with Crippen LogP contribution < -0.4 is 11.5 Å². The summed E-state index contributed by atoms with van der Waals surface area (Å²) in [7, 11) is 0. The van der Waals surface area contributed by atoms with E-state index in [1.165, 1.54) is 0 Å². The van der Waals surface area contributed by atoms with Crippen LogP contribution in [0.15, 0.2) is 0 Å². The van der Waals surface area contributed by atoms with Crippen LogP contribution in [0, 0.1) is 11.8 Å². The van der Waals surface area contributed by atoms with E-state index in [1.54, 1.807) is 4.90 Å². The molecule has 0 aromatic rings. The number of primary amides is 1. The van der Waals surface area contributed by atoms with E-state index in [-0.39, 0.29) is 30.3 Å². The van der Waals surface area contributed by atoms with Gasteiger partial charge in [0.2, 0.25) is 11.8 Å². The minimum absolute atomic E-state index is 0.00583. The highest BCUT2D eigenvalue weighted by Crippen LogP contribution is 2.33. The van der Waals surface area contributed by atoms with Crippen LogP contribution in [-0.4, -0.2) is 35.8 Å². The van der Waals surface area contributed by atoms with Crippen LogP contribution in [0.3, 0.4) is 0 Å². The molecule has 0 heterocycles. The second kappa shape index (κ2) is 7.07. The topological polar surface area (TPSA) is 89.4 Å². The van der Waals surface area contributed by atoms with Crippen LogP contribution in [0.1, 0.15) is 51.4 Å². The van der Waals surface area contributed by atoms with Crippen molar-refractivity contribution in [2.24, 2.45) is 23.3 Å². The van der Waals surface area contributed by atoms with Crippen molar-refractivity contribution < 1.29 is 9.59 Å². The third-order valence-corrected chi connectivity index (χ3v) is 4.90.